The van der Waals surface area contributed by atoms with E-state index in [4.69, 9.17) is 0 Å². The van der Waals surface area contributed by atoms with Crippen LogP contribution in [0.1, 0.15) is 61.8 Å². The van der Waals surface area contributed by atoms with Crippen molar-refractivity contribution in [2.75, 3.05) is 5.32 Å². The van der Waals surface area contributed by atoms with Crippen LogP contribution in [0.2, 0.25) is 0 Å². The minimum Gasteiger partial charge on any atom is -0.322 e. The molecule has 150 valence electrons. The lowest BCUT2D eigenvalue weighted by molar-refractivity contribution is 0.102. The Balaban J connectivity index is 1.47. The van der Waals surface area contributed by atoms with Gasteiger partial charge in [-0.1, -0.05) is 39.3 Å². The second-order valence-electron chi connectivity index (χ2n) is 8.76. The summed E-state index contributed by atoms with van der Waals surface area (Å²) >= 11 is 0. The highest BCUT2D eigenvalue weighted by atomic mass is 16.1. The Hall–Kier alpha value is -2.95. The third-order valence-electron chi connectivity index (χ3n) is 5.52. The minimum absolute atomic E-state index is 0.0742. The number of amides is 1. The fourth-order valence-corrected chi connectivity index (χ4v) is 3.73. The summed E-state index contributed by atoms with van der Waals surface area (Å²) in [4.78, 5) is 12.6. The van der Waals surface area contributed by atoms with E-state index in [1.807, 2.05) is 48.5 Å². The molecule has 1 N–H and O–H groups in total. The lowest BCUT2D eigenvalue weighted by atomic mass is 9.87. The van der Waals surface area contributed by atoms with Crippen LogP contribution in [0.3, 0.4) is 0 Å². The monoisotopic (exact) mass is 388 g/mol. The van der Waals surface area contributed by atoms with Crippen molar-refractivity contribution in [3.05, 3.63) is 65.5 Å². The molecular weight excluding hydrogens is 360 g/mol. The van der Waals surface area contributed by atoms with Gasteiger partial charge in [-0.25, -0.2) is 0 Å². The van der Waals surface area contributed by atoms with Crippen LogP contribution < -0.4 is 5.32 Å². The van der Waals surface area contributed by atoms with Gasteiger partial charge in [0.15, 0.2) is 5.82 Å². The molecule has 0 saturated heterocycles. The summed E-state index contributed by atoms with van der Waals surface area (Å²) in [5.74, 6) is 1.89. The van der Waals surface area contributed by atoms with E-state index in [1.54, 1.807) is 0 Å². The number of rotatable bonds is 3. The van der Waals surface area contributed by atoms with Gasteiger partial charge in [-0.05, 0) is 60.2 Å². The Labute approximate surface area is 172 Å². The van der Waals surface area contributed by atoms with Gasteiger partial charge in [0.1, 0.15) is 5.82 Å². The molecule has 3 aromatic rings. The summed E-state index contributed by atoms with van der Waals surface area (Å²) in [5, 5.41) is 11.8. The lowest BCUT2D eigenvalue weighted by Crippen LogP contribution is -2.14. The van der Waals surface area contributed by atoms with Crippen molar-refractivity contribution in [3.63, 3.8) is 0 Å². The zero-order chi connectivity index (χ0) is 20.4. The van der Waals surface area contributed by atoms with Crippen molar-refractivity contribution in [2.45, 2.75) is 58.4 Å². The fraction of sp³-hybridized carbons (Fsp3) is 0.375. The Morgan fingerprint density at radius 1 is 0.931 bits per heavy atom. The Morgan fingerprint density at radius 3 is 2.34 bits per heavy atom. The summed E-state index contributed by atoms with van der Waals surface area (Å²) in [6.45, 7) is 7.47. The summed E-state index contributed by atoms with van der Waals surface area (Å²) in [6.07, 6.45) is 4.58. The molecule has 2 heterocycles. The number of fused-ring (bicyclic) bond motifs is 1. The number of aryl methyl sites for hydroxylation is 1. The van der Waals surface area contributed by atoms with Gasteiger partial charge in [0.25, 0.3) is 5.91 Å². The van der Waals surface area contributed by atoms with Crippen LogP contribution >= 0.6 is 0 Å². The first-order valence-corrected chi connectivity index (χ1v) is 10.4. The van der Waals surface area contributed by atoms with Gasteiger partial charge in [-0.3, -0.25) is 4.79 Å². The molecule has 0 bridgehead atoms. The second kappa shape index (κ2) is 7.82. The Morgan fingerprint density at radius 2 is 1.66 bits per heavy atom. The Bertz CT molecular complexity index is 995. The van der Waals surface area contributed by atoms with Crippen LogP contribution in [0, 0.1) is 0 Å². The van der Waals surface area contributed by atoms with Crippen molar-refractivity contribution >= 4 is 11.6 Å². The van der Waals surface area contributed by atoms with Crippen LogP contribution in [0.15, 0.2) is 48.5 Å². The van der Waals surface area contributed by atoms with E-state index in [0.29, 0.717) is 5.56 Å². The number of anilines is 1. The van der Waals surface area contributed by atoms with Crippen LogP contribution in [0.5, 0.6) is 0 Å². The predicted octanol–water partition coefficient (Wildman–Crippen LogP) is 5.22. The van der Waals surface area contributed by atoms with Crippen molar-refractivity contribution in [2.24, 2.45) is 0 Å². The van der Waals surface area contributed by atoms with E-state index in [-0.39, 0.29) is 11.3 Å². The normalized spacial score (nSPS) is 14.2. The maximum Gasteiger partial charge on any atom is 0.255 e. The number of nitrogens with zero attached hydrogens (tertiary/aromatic N) is 3. The topological polar surface area (TPSA) is 59.8 Å². The predicted molar refractivity (Wildman–Crippen MR) is 116 cm³/mol. The molecule has 2 aromatic carbocycles. The zero-order valence-electron chi connectivity index (χ0n) is 17.4. The van der Waals surface area contributed by atoms with Gasteiger partial charge in [-0.2, -0.15) is 0 Å². The number of aromatic nitrogens is 3. The van der Waals surface area contributed by atoms with Gasteiger partial charge in [0, 0.05) is 29.8 Å². The zero-order valence-corrected chi connectivity index (χ0v) is 17.4. The molecule has 5 nitrogen and oxygen atoms in total. The molecule has 1 aromatic heterocycles. The van der Waals surface area contributed by atoms with E-state index in [2.05, 4.69) is 40.9 Å². The molecule has 1 aliphatic rings. The molecular formula is C24H28N4O. The number of hydrogen-bond acceptors (Lipinski definition) is 3. The van der Waals surface area contributed by atoms with Crippen molar-refractivity contribution < 1.29 is 4.79 Å². The van der Waals surface area contributed by atoms with Gasteiger partial charge < -0.3 is 9.88 Å². The molecule has 1 aliphatic heterocycles. The summed E-state index contributed by atoms with van der Waals surface area (Å²) < 4.78 is 2.23. The third-order valence-corrected chi connectivity index (χ3v) is 5.52. The summed E-state index contributed by atoms with van der Waals surface area (Å²) in [7, 11) is 0. The van der Waals surface area contributed by atoms with Crippen LogP contribution in [0.4, 0.5) is 5.69 Å². The second-order valence-corrected chi connectivity index (χ2v) is 8.76. The summed E-state index contributed by atoms with van der Waals surface area (Å²) in [6, 6.07) is 15.7. The maximum absolute atomic E-state index is 12.6. The number of benzene rings is 2. The average molecular weight is 389 g/mol. The third kappa shape index (κ3) is 4.24. The van der Waals surface area contributed by atoms with Crippen LogP contribution in [0.25, 0.3) is 11.4 Å². The number of carbonyl (C=O) groups excluding carboxylic acids is 1. The molecule has 5 heteroatoms. The van der Waals surface area contributed by atoms with E-state index in [1.165, 1.54) is 24.8 Å². The molecule has 0 radical (unpaired) electrons. The van der Waals surface area contributed by atoms with Crippen molar-refractivity contribution in [3.8, 4) is 11.4 Å². The highest BCUT2D eigenvalue weighted by Gasteiger charge is 2.17. The standard InChI is InChI=1S/C24H28N4O/c1-24(2,3)19-12-8-18(9-13-19)23(29)25-20-14-10-17(11-15-20)22-27-26-21-7-5-4-6-16-28(21)22/h8-15H,4-7,16H2,1-3H3,(H,25,29). The number of hydrogen-bond donors (Lipinski definition) is 1. The molecule has 0 unspecified atom stereocenters. The first kappa shape index (κ1) is 19.4. The first-order valence-electron chi connectivity index (χ1n) is 10.4. The van der Waals surface area contributed by atoms with E-state index >= 15 is 0 Å². The fourth-order valence-electron chi connectivity index (χ4n) is 3.73. The first-order chi connectivity index (χ1) is 13.9. The average Bonchev–Trinajstić information content (AvgIpc) is 2.96. The van der Waals surface area contributed by atoms with Crippen LogP contribution in [-0.4, -0.2) is 20.7 Å². The maximum atomic E-state index is 12.6. The number of nitrogens with one attached hydrogen (secondary N) is 1. The van der Waals surface area contributed by atoms with E-state index in [9.17, 15) is 4.79 Å². The molecule has 0 aliphatic carbocycles. The van der Waals surface area contributed by atoms with Crippen LogP contribution in [-0.2, 0) is 18.4 Å². The SMILES string of the molecule is CC(C)(C)c1ccc(C(=O)Nc2ccc(-c3nnc4n3CCCCC4)cc2)cc1. The minimum atomic E-state index is -0.102. The number of carbonyl (C=O) groups is 1. The van der Waals surface area contributed by atoms with Crippen molar-refractivity contribution in [1.29, 1.82) is 0 Å². The molecule has 0 spiro atoms. The molecule has 1 amide bonds. The molecule has 0 fully saturated rings. The molecule has 29 heavy (non-hydrogen) atoms. The van der Waals surface area contributed by atoms with Gasteiger partial charge in [0.2, 0.25) is 0 Å². The van der Waals surface area contributed by atoms with E-state index < -0.39 is 0 Å². The van der Waals surface area contributed by atoms with Gasteiger partial charge >= 0.3 is 0 Å². The smallest absolute Gasteiger partial charge is 0.255 e. The van der Waals surface area contributed by atoms with Gasteiger partial charge in [-0.15, -0.1) is 10.2 Å². The Kier molecular flexibility index (Phi) is 5.22. The largest absolute Gasteiger partial charge is 0.322 e. The van der Waals surface area contributed by atoms with Gasteiger partial charge in [0.05, 0.1) is 0 Å². The quantitative estimate of drug-likeness (QED) is 0.669. The molecule has 0 saturated carbocycles. The van der Waals surface area contributed by atoms with Crippen molar-refractivity contribution in [1.82, 2.24) is 14.8 Å². The highest BCUT2D eigenvalue weighted by Crippen LogP contribution is 2.25. The van der Waals surface area contributed by atoms with E-state index in [0.717, 1.165) is 35.9 Å². The molecule has 4 rings (SSSR count). The summed E-state index contributed by atoms with van der Waals surface area (Å²) in [5.41, 5.74) is 3.74. The molecule has 0 atom stereocenters. The highest BCUT2D eigenvalue weighted by molar-refractivity contribution is 6.04. The lowest BCUT2D eigenvalue weighted by Gasteiger charge is -2.19.